The monoisotopic (exact) mass is 446 g/mol. The number of rotatable bonds is 4. The molecule has 2 unspecified atom stereocenters. The molecule has 1 saturated carbocycles. The molecule has 1 aliphatic rings. The van der Waals surface area contributed by atoms with Gasteiger partial charge in [0.05, 0.1) is 46.8 Å². The molecule has 0 radical (unpaired) electrons. The van der Waals surface area contributed by atoms with E-state index in [1.54, 1.807) is 23.1 Å². The number of aromatic nitrogens is 6. The maximum atomic E-state index is 9.90. The average Bonchev–Trinajstić information content (AvgIpc) is 3.40. The summed E-state index contributed by atoms with van der Waals surface area (Å²) < 4.78 is 7.85. The zero-order valence-corrected chi connectivity index (χ0v) is 17.9. The van der Waals surface area contributed by atoms with Gasteiger partial charge in [0.25, 0.3) is 0 Å². The Morgan fingerprint density at radius 2 is 2.00 bits per heavy atom. The molecule has 8 nitrogen and oxygen atoms in total. The van der Waals surface area contributed by atoms with Crippen LogP contribution >= 0.6 is 11.6 Å². The van der Waals surface area contributed by atoms with Crippen LogP contribution in [0.4, 0.5) is 0 Å². The minimum atomic E-state index is -0.343. The number of aryl methyl sites for hydroxylation is 1. The Balaban J connectivity index is 1.34. The fraction of sp³-hybridized carbons (Fsp3) is 0.217. The number of ether oxygens (including phenoxy) is 1. The third-order valence-corrected chi connectivity index (χ3v) is 6.22. The summed E-state index contributed by atoms with van der Waals surface area (Å²) in [5.41, 5.74) is 4.48. The SMILES string of the molecule is Cc1nc2ccc(Oc3ccc4ncc(-c5cnn(C6CCC6O)c5)nc4c3Cl)cc2[nH]1. The third kappa shape index (κ3) is 3.19. The number of aliphatic hydroxyl groups excluding tert-OH is 1. The van der Waals surface area contributed by atoms with E-state index in [4.69, 9.17) is 21.3 Å². The largest absolute Gasteiger partial charge is 0.456 e. The second-order valence-corrected chi connectivity index (χ2v) is 8.40. The van der Waals surface area contributed by atoms with Crippen LogP contribution < -0.4 is 4.74 Å². The molecule has 0 saturated heterocycles. The fourth-order valence-corrected chi connectivity index (χ4v) is 4.22. The van der Waals surface area contributed by atoms with Crippen LogP contribution in [0.3, 0.4) is 0 Å². The second-order valence-electron chi connectivity index (χ2n) is 8.02. The Labute approximate surface area is 187 Å². The van der Waals surface area contributed by atoms with Gasteiger partial charge in [0, 0.05) is 17.8 Å². The lowest BCUT2D eigenvalue weighted by Gasteiger charge is -2.32. The van der Waals surface area contributed by atoms with E-state index in [0.29, 0.717) is 33.2 Å². The molecular weight excluding hydrogens is 428 g/mol. The summed E-state index contributed by atoms with van der Waals surface area (Å²) in [6, 6.07) is 9.29. The number of nitrogens with one attached hydrogen (secondary N) is 1. The van der Waals surface area contributed by atoms with Crippen molar-refractivity contribution in [3.63, 3.8) is 0 Å². The molecule has 2 aromatic carbocycles. The van der Waals surface area contributed by atoms with Gasteiger partial charge in [-0.2, -0.15) is 5.10 Å². The standard InChI is InChI=1S/C23H19ClN6O2/c1-12-27-15-3-2-14(8-17(15)28-12)32-21-7-4-16-23(22(21)24)29-18(10-25-16)13-9-26-30(11-13)19-5-6-20(19)31/h2-4,7-11,19-20,31H,5-6H2,1H3,(H,27,28). The Kier molecular flexibility index (Phi) is 4.38. The van der Waals surface area contributed by atoms with Crippen LogP contribution in [0.2, 0.25) is 5.02 Å². The summed E-state index contributed by atoms with van der Waals surface area (Å²) in [7, 11) is 0. The van der Waals surface area contributed by atoms with Gasteiger partial charge < -0.3 is 14.8 Å². The predicted molar refractivity (Wildman–Crippen MR) is 121 cm³/mol. The molecule has 1 fully saturated rings. The zero-order chi connectivity index (χ0) is 21.8. The first-order chi connectivity index (χ1) is 15.5. The van der Waals surface area contributed by atoms with Crippen LogP contribution in [0, 0.1) is 6.92 Å². The van der Waals surface area contributed by atoms with Crippen LogP contribution in [0.1, 0.15) is 24.7 Å². The molecule has 9 heteroatoms. The van der Waals surface area contributed by atoms with Gasteiger partial charge in [-0.1, -0.05) is 11.6 Å². The molecule has 5 aromatic rings. The van der Waals surface area contributed by atoms with Gasteiger partial charge in [0.2, 0.25) is 0 Å². The molecule has 0 aliphatic heterocycles. The van der Waals surface area contributed by atoms with Crippen molar-refractivity contribution in [1.82, 2.24) is 29.7 Å². The number of hydrogen-bond donors (Lipinski definition) is 2. The first kappa shape index (κ1) is 19.2. The highest BCUT2D eigenvalue weighted by Crippen LogP contribution is 2.36. The average molecular weight is 447 g/mol. The van der Waals surface area contributed by atoms with Gasteiger partial charge in [0.1, 0.15) is 27.9 Å². The van der Waals surface area contributed by atoms with Crippen LogP contribution in [0.5, 0.6) is 11.5 Å². The predicted octanol–water partition coefficient (Wildman–Crippen LogP) is 4.82. The van der Waals surface area contributed by atoms with Crippen molar-refractivity contribution in [1.29, 1.82) is 0 Å². The second kappa shape index (κ2) is 7.29. The number of benzene rings is 2. The minimum Gasteiger partial charge on any atom is -0.456 e. The highest BCUT2D eigenvalue weighted by Gasteiger charge is 2.31. The van der Waals surface area contributed by atoms with Gasteiger partial charge in [-0.3, -0.25) is 9.67 Å². The minimum absolute atomic E-state index is 0.0248. The molecule has 32 heavy (non-hydrogen) atoms. The molecule has 0 bridgehead atoms. The summed E-state index contributed by atoms with van der Waals surface area (Å²) in [5, 5.41) is 14.7. The van der Waals surface area contributed by atoms with Crippen LogP contribution in [-0.2, 0) is 0 Å². The summed E-state index contributed by atoms with van der Waals surface area (Å²) in [6.45, 7) is 1.91. The lowest BCUT2D eigenvalue weighted by atomic mass is 9.89. The van der Waals surface area contributed by atoms with Crippen molar-refractivity contribution in [2.45, 2.75) is 31.9 Å². The first-order valence-corrected chi connectivity index (χ1v) is 10.7. The quantitative estimate of drug-likeness (QED) is 0.410. The highest BCUT2D eigenvalue weighted by atomic mass is 35.5. The number of fused-ring (bicyclic) bond motifs is 2. The number of H-pyrrole nitrogens is 1. The lowest BCUT2D eigenvalue weighted by molar-refractivity contribution is 0.0254. The molecular formula is C23H19ClN6O2. The van der Waals surface area contributed by atoms with E-state index in [-0.39, 0.29) is 12.1 Å². The van der Waals surface area contributed by atoms with E-state index in [1.807, 2.05) is 37.4 Å². The number of imidazole rings is 1. The van der Waals surface area contributed by atoms with Crippen molar-refractivity contribution in [3.8, 4) is 22.8 Å². The first-order valence-electron chi connectivity index (χ1n) is 10.4. The number of aliphatic hydroxyl groups is 1. The van der Waals surface area contributed by atoms with Gasteiger partial charge >= 0.3 is 0 Å². The summed E-state index contributed by atoms with van der Waals surface area (Å²) in [6.07, 6.45) is 6.70. The topological polar surface area (TPSA) is 102 Å². The number of halogens is 1. The maximum Gasteiger partial charge on any atom is 0.148 e. The summed E-state index contributed by atoms with van der Waals surface area (Å²) in [4.78, 5) is 16.9. The van der Waals surface area contributed by atoms with Gasteiger partial charge in [0.15, 0.2) is 0 Å². The fourth-order valence-electron chi connectivity index (χ4n) is 3.98. The van der Waals surface area contributed by atoms with E-state index < -0.39 is 0 Å². The molecule has 1 aliphatic carbocycles. The van der Waals surface area contributed by atoms with Crippen molar-refractivity contribution < 1.29 is 9.84 Å². The highest BCUT2D eigenvalue weighted by molar-refractivity contribution is 6.36. The van der Waals surface area contributed by atoms with Crippen LogP contribution in [-0.4, -0.2) is 40.9 Å². The van der Waals surface area contributed by atoms with Crippen molar-refractivity contribution in [2.75, 3.05) is 0 Å². The van der Waals surface area contributed by atoms with E-state index in [9.17, 15) is 5.11 Å². The smallest absolute Gasteiger partial charge is 0.148 e. The lowest BCUT2D eigenvalue weighted by Crippen LogP contribution is -2.33. The van der Waals surface area contributed by atoms with Crippen LogP contribution in [0.25, 0.3) is 33.3 Å². The van der Waals surface area contributed by atoms with Gasteiger partial charge in [-0.25, -0.2) is 9.97 Å². The molecule has 3 aromatic heterocycles. The Hall–Kier alpha value is -3.49. The Morgan fingerprint density at radius 3 is 2.81 bits per heavy atom. The van der Waals surface area contributed by atoms with E-state index >= 15 is 0 Å². The van der Waals surface area contributed by atoms with Crippen molar-refractivity contribution in [3.05, 3.63) is 59.8 Å². The van der Waals surface area contributed by atoms with Gasteiger partial charge in [-0.05, 0) is 44.0 Å². The van der Waals surface area contributed by atoms with Gasteiger partial charge in [-0.15, -0.1) is 0 Å². The van der Waals surface area contributed by atoms with Crippen molar-refractivity contribution >= 4 is 33.7 Å². The zero-order valence-electron chi connectivity index (χ0n) is 17.2. The number of nitrogens with zero attached hydrogens (tertiary/aromatic N) is 5. The Bertz CT molecular complexity index is 1480. The van der Waals surface area contributed by atoms with E-state index in [1.165, 1.54) is 0 Å². The Morgan fingerprint density at radius 1 is 1.12 bits per heavy atom. The number of hydrogen-bond acceptors (Lipinski definition) is 6. The summed E-state index contributed by atoms with van der Waals surface area (Å²) in [5.74, 6) is 1.99. The molecule has 0 spiro atoms. The third-order valence-electron chi connectivity index (χ3n) is 5.86. The van der Waals surface area contributed by atoms with E-state index in [0.717, 1.165) is 35.3 Å². The molecule has 6 rings (SSSR count). The van der Waals surface area contributed by atoms with E-state index in [2.05, 4.69) is 20.1 Å². The maximum absolute atomic E-state index is 9.90. The molecule has 0 amide bonds. The molecule has 160 valence electrons. The molecule has 2 N–H and O–H groups in total. The van der Waals surface area contributed by atoms with Crippen LogP contribution in [0.15, 0.2) is 48.9 Å². The molecule has 2 atom stereocenters. The molecule has 3 heterocycles. The normalized spacial score (nSPS) is 18.2. The number of aromatic amines is 1. The summed E-state index contributed by atoms with van der Waals surface area (Å²) >= 11 is 6.68. The van der Waals surface area contributed by atoms with Crippen molar-refractivity contribution in [2.24, 2.45) is 0 Å².